The largest absolute Gasteiger partial charge is 0.455 e. The van der Waals surface area contributed by atoms with Crippen LogP contribution in [0.1, 0.15) is 24.8 Å². The van der Waals surface area contributed by atoms with Gasteiger partial charge in [-0.05, 0) is 24.1 Å². The fraction of sp³-hybridized carbons (Fsp3) is 0.263. The van der Waals surface area contributed by atoms with Gasteiger partial charge in [-0.15, -0.1) is 0 Å². The van der Waals surface area contributed by atoms with Crippen LogP contribution < -0.4 is 0 Å². The molecule has 1 N–H and O–H groups in total. The number of rotatable bonds is 7. The Bertz CT molecular complexity index is 614. The van der Waals surface area contributed by atoms with E-state index in [1.165, 1.54) is 12.2 Å². The number of ether oxygens (including phenoxy) is 1. The van der Waals surface area contributed by atoms with Crippen LogP contribution in [0.4, 0.5) is 0 Å². The van der Waals surface area contributed by atoms with Gasteiger partial charge in [0.25, 0.3) is 0 Å². The molecule has 1 aromatic carbocycles. The van der Waals surface area contributed by atoms with Crippen molar-refractivity contribution in [3.63, 3.8) is 0 Å². The van der Waals surface area contributed by atoms with Gasteiger partial charge in [0.2, 0.25) is 0 Å². The second-order valence-corrected chi connectivity index (χ2v) is 5.35. The van der Waals surface area contributed by atoms with Crippen LogP contribution in [0.3, 0.4) is 0 Å². The minimum absolute atomic E-state index is 0.0675. The van der Waals surface area contributed by atoms with E-state index in [9.17, 15) is 14.7 Å². The number of carbonyl (C=O) groups excluding carboxylic acids is 2. The Hall–Kier alpha value is -2.46. The van der Waals surface area contributed by atoms with Crippen LogP contribution in [0.2, 0.25) is 0 Å². The van der Waals surface area contributed by atoms with Crippen molar-refractivity contribution in [1.82, 2.24) is 0 Å². The van der Waals surface area contributed by atoms with Gasteiger partial charge in [-0.3, -0.25) is 4.79 Å². The van der Waals surface area contributed by atoms with Crippen molar-refractivity contribution < 1.29 is 19.4 Å². The van der Waals surface area contributed by atoms with Crippen LogP contribution in [0.15, 0.2) is 60.7 Å². The SMILES string of the molecule is O=C(C=Cc1ccccc1)C[C@H](O)CC=C[C@@H]1CC=CC(=O)O1. The van der Waals surface area contributed by atoms with Gasteiger partial charge in [0.15, 0.2) is 5.78 Å². The van der Waals surface area contributed by atoms with Crippen molar-refractivity contribution >= 4 is 17.8 Å². The average Bonchev–Trinajstić information content (AvgIpc) is 2.54. The predicted molar refractivity (Wildman–Crippen MR) is 88.5 cm³/mol. The van der Waals surface area contributed by atoms with Gasteiger partial charge in [0, 0.05) is 18.9 Å². The molecule has 0 saturated heterocycles. The standard InChI is InChI=1S/C19H20O4/c20-16(8-4-9-18-10-5-11-19(22)23-18)14-17(21)13-12-15-6-2-1-3-7-15/h1-7,9,11-13,16,18,20H,8,10,14H2/t16-,18-/m1/s1. The van der Waals surface area contributed by atoms with E-state index in [1.807, 2.05) is 30.3 Å². The number of aliphatic hydroxyl groups excluding tert-OH is 1. The summed E-state index contributed by atoms with van der Waals surface area (Å²) in [6, 6.07) is 9.52. The van der Waals surface area contributed by atoms with Gasteiger partial charge in [0.05, 0.1) is 6.10 Å². The lowest BCUT2D eigenvalue weighted by Crippen LogP contribution is -2.17. The van der Waals surface area contributed by atoms with Gasteiger partial charge in [0.1, 0.15) is 6.10 Å². The minimum Gasteiger partial charge on any atom is -0.455 e. The van der Waals surface area contributed by atoms with Crippen molar-refractivity contribution in [2.24, 2.45) is 0 Å². The zero-order valence-corrected chi connectivity index (χ0v) is 12.8. The molecule has 2 rings (SSSR count). The van der Waals surface area contributed by atoms with Crippen molar-refractivity contribution in [2.75, 3.05) is 0 Å². The number of benzene rings is 1. The summed E-state index contributed by atoms with van der Waals surface area (Å²) in [5.41, 5.74) is 0.947. The number of aliphatic hydroxyl groups is 1. The molecule has 0 radical (unpaired) electrons. The molecule has 2 atom stereocenters. The third-order valence-corrected chi connectivity index (χ3v) is 3.35. The molecule has 4 heteroatoms. The molecule has 0 spiro atoms. The maximum absolute atomic E-state index is 11.8. The predicted octanol–water partition coefficient (Wildman–Crippen LogP) is 2.84. The van der Waals surface area contributed by atoms with Crippen LogP contribution in [-0.2, 0) is 14.3 Å². The van der Waals surface area contributed by atoms with E-state index < -0.39 is 6.10 Å². The zero-order valence-electron chi connectivity index (χ0n) is 12.8. The van der Waals surface area contributed by atoms with E-state index in [1.54, 1.807) is 24.3 Å². The highest BCUT2D eigenvalue weighted by molar-refractivity contribution is 5.93. The van der Waals surface area contributed by atoms with Crippen molar-refractivity contribution in [3.05, 3.63) is 66.3 Å². The Morgan fingerprint density at radius 3 is 2.87 bits per heavy atom. The minimum atomic E-state index is -0.742. The molecule has 1 aromatic rings. The number of ketones is 1. The Morgan fingerprint density at radius 2 is 2.13 bits per heavy atom. The van der Waals surface area contributed by atoms with Gasteiger partial charge in [-0.25, -0.2) is 4.79 Å². The van der Waals surface area contributed by atoms with Crippen molar-refractivity contribution in [3.8, 4) is 0 Å². The van der Waals surface area contributed by atoms with Crippen molar-refractivity contribution in [2.45, 2.75) is 31.5 Å². The number of cyclic esters (lactones) is 1. The first kappa shape index (κ1) is 16.9. The Morgan fingerprint density at radius 1 is 1.35 bits per heavy atom. The summed E-state index contributed by atoms with van der Waals surface area (Å²) in [7, 11) is 0. The molecule has 0 amide bonds. The number of hydrogen-bond acceptors (Lipinski definition) is 4. The molecule has 0 bridgehead atoms. The summed E-state index contributed by atoms with van der Waals surface area (Å²) in [6.07, 6.45) is 9.89. The molecule has 1 aliphatic heterocycles. The topological polar surface area (TPSA) is 63.6 Å². The first-order chi connectivity index (χ1) is 11.1. The maximum Gasteiger partial charge on any atom is 0.331 e. The lowest BCUT2D eigenvalue weighted by Gasteiger charge is -2.14. The molecule has 0 unspecified atom stereocenters. The number of allylic oxidation sites excluding steroid dienone is 1. The van der Waals surface area contributed by atoms with E-state index in [4.69, 9.17) is 4.74 Å². The Kier molecular flexibility index (Phi) is 6.51. The maximum atomic E-state index is 11.8. The van der Waals surface area contributed by atoms with Gasteiger partial charge in [-0.1, -0.05) is 48.6 Å². The third-order valence-electron chi connectivity index (χ3n) is 3.35. The molecule has 120 valence electrons. The molecule has 1 heterocycles. The van der Waals surface area contributed by atoms with Gasteiger partial charge in [-0.2, -0.15) is 0 Å². The molecule has 0 aliphatic carbocycles. The summed E-state index contributed by atoms with van der Waals surface area (Å²) in [5, 5.41) is 9.87. The van der Waals surface area contributed by atoms with Crippen LogP contribution in [0, 0.1) is 0 Å². The lowest BCUT2D eigenvalue weighted by atomic mass is 10.1. The first-order valence-corrected chi connectivity index (χ1v) is 7.61. The van der Waals surface area contributed by atoms with Crippen LogP contribution in [0.5, 0.6) is 0 Å². The normalized spacial score (nSPS) is 19.2. The van der Waals surface area contributed by atoms with Crippen LogP contribution in [0.25, 0.3) is 6.08 Å². The van der Waals surface area contributed by atoms with Gasteiger partial charge >= 0.3 is 5.97 Å². The molecule has 4 nitrogen and oxygen atoms in total. The Labute approximate surface area is 135 Å². The number of carbonyl (C=O) groups is 2. The first-order valence-electron chi connectivity index (χ1n) is 7.61. The summed E-state index contributed by atoms with van der Waals surface area (Å²) in [6.45, 7) is 0. The number of hydrogen-bond donors (Lipinski definition) is 1. The fourth-order valence-electron chi connectivity index (χ4n) is 2.18. The average molecular weight is 312 g/mol. The highest BCUT2D eigenvalue weighted by Gasteiger charge is 2.13. The van der Waals surface area contributed by atoms with Crippen LogP contribution >= 0.6 is 0 Å². The smallest absolute Gasteiger partial charge is 0.331 e. The highest BCUT2D eigenvalue weighted by Crippen LogP contribution is 2.10. The lowest BCUT2D eigenvalue weighted by molar-refractivity contribution is -0.141. The second kappa shape index (κ2) is 8.86. The molecule has 0 fully saturated rings. The summed E-state index contributed by atoms with van der Waals surface area (Å²) < 4.78 is 5.06. The van der Waals surface area contributed by atoms with Crippen molar-refractivity contribution in [1.29, 1.82) is 0 Å². The molecular weight excluding hydrogens is 292 g/mol. The molecule has 0 aromatic heterocycles. The van der Waals surface area contributed by atoms with E-state index in [2.05, 4.69) is 0 Å². The molecule has 1 aliphatic rings. The second-order valence-electron chi connectivity index (χ2n) is 5.35. The van der Waals surface area contributed by atoms with Gasteiger partial charge < -0.3 is 9.84 Å². The monoisotopic (exact) mass is 312 g/mol. The molecule has 0 saturated carbocycles. The number of esters is 1. The van der Waals surface area contributed by atoms with E-state index in [-0.39, 0.29) is 24.3 Å². The van der Waals surface area contributed by atoms with Crippen LogP contribution in [-0.4, -0.2) is 29.1 Å². The molecular formula is C19H20O4. The fourth-order valence-corrected chi connectivity index (χ4v) is 2.18. The van der Waals surface area contributed by atoms with E-state index >= 15 is 0 Å². The molecule has 23 heavy (non-hydrogen) atoms. The Balaban J connectivity index is 1.72. The zero-order chi connectivity index (χ0) is 16.5. The van der Waals surface area contributed by atoms with E-state index in [0.29, 0.717) is 12.8 Å². The summed E-state index contributed by atoms with van der Waals surface area (Å²) in [5.74, 6) is -0.477. The van der Waals surface area contributed by atoms with E-state index in [0.717, 1.165) is 5.56 Å². The summed E-state index contributed by atoms with van der Waals surface area (Å²) >= 11 is 0. The third kappa shape index (κ3) is 6.45. The highest BCUT2D eigenvalue weighted by atomic mass is 16.5. The quantitative estimate of drug-likeness (QED) is 0.478. The summed E-state index contributed by atoms with van der Waals surface area (Å²) in [4.78, 5) is 22.8.